The lowest BCUT2D eigenvalue weighted by atomic mass is 10.2. The Morgan fingerprint density at radius 1 is 1.58 bits per heavy atom. The van der Waals surface area contributed by atoms with Crippen LogP contribution in [0.4, 0.5) is 0 Å². The molecule has 0 aliphatic carbocycles. The first-order valence-corrected chi connectivity index (χ1v) is 5.99. The van der Waals surface area contributed by atoms with Crippen molar-refractivity contribution in [3.63, 3.8) is 0 Å². The summed E-state index contributed by atoms with van der Waals surface area (Å²) in [5, 5.41) is 4.34. The van der Waals surface area contributed by atoms with Crippen LogP contribution in [0, 0.1) is 3.70 Å². The highest BCUT2D eigenvalue weighted by atomic mass is 127. The predicted molar refractivity (Wildman–Crippen MR) is 62.2 cm³/mol. The zero-order valence-electron chi connectivity index (χ0n) is 7.06. The van der Waals surface area contributed by atoms with Gasteiger partial charge in [-0.2, -0.15) is 5.10 Å². The summed E-state index contributed by atoms with van der Waals surface area (Å²) in [4.78, 5) is 0. The molecule has 0 aliphatic heterocycles. The van der Waals surface area contributed by atoms with Gasteiger partial charge in [0.2, 0.25) is 0 Å². The van der Waals surface area contributed by atoms with Crippen LogP contribution < -0.4 is 0 Å². The van der Waals surface area contributed by atoms with Crippen LogP contribution >= 0.6 is 38.5 Å². The smallest absolute Gasteiger partial charge is 0.137 e. The van der Waals surface area contributed by atoms with Gasteiger partial charge >= 0.3 is 0 Å². The molecule has 0 radical (unpaired) electrons. The molecule has 0 saturated carbocycles. The molecular formula is C8H12BrIN2. The monoisotopic (exact) mass is 342 g/mol. The molecule has 1 rings (SSSR count). The number of aromatic nitrogens is 2. The number of rotatable bonds is 4. The third-order valence-electron chi connectivity index (χ3n) is 1.67. The van der Waals surface area contributed by atoms with Crippen molar-refractivity contribution in [3.8, 4) is 0 Å². The van der Waals surface area contributed by atoms with Crippen LogP contribution in [0.5, 0.6) is 0 Å². The highest BCUT2D eigenvalue weighted by Crippen LogP contribution is 2.16. The van der Waals surface area contributed by atoms with Gasteiger partial charge in [0, 0.05) is 12.7 Å². The van der Waals surface area contributed by atoms with E-state index in [-0.39, 0.29) is 0 Å². The molecule has 0 aromatic carbocycles. The Morgan fingerprint density at radius 2 is 2.33 bits per heavy atom. The van der Waals surface area contributed by atoms with Crippen molar-refractivity contribution in [3.05, 3.63) is 14.4 Å². The number of hydrogen-bond acceptors (Lipinski definition) is 1. The Morgan fingerprint density at radius 3 is 2.83 bits per heavy atom. The maximum absolute atomic E-state index is 4.34. The average Bonchev–Trinajstić information content (AvgIpc) is 2.32. The first-order valence-electron chi connectivity index (χ1n) is 4.12. The van der Waals surface area contributed by atoms with Crippen LogP contribution in [0.15, 0.2) is 10.7 Å². The van der Waals surface area contributed by atoms with Gasteiger partial charge in [0.25, 0.3) is 0 Å². The molecule has 2 nitrogen and oxygen atoms in total. The quantitative estimate of drug-likeness (QED) is 0.605. The number of halogens is 2. The van der Waals surface area contributed by atoms with Gasteiger partial charge in [-0.05, 0) is 44.9 Å². The highest BCUT2D eigenvalue weighted by Gasteiger charge is 2.01. The number of hydrogen-bond donors (Lipinski definition) is 0. The van der Waals surface area contributed by atoms with E-state index in [1.165, 1.54) is 19.3 Å². The second kappa shape index (κ2) is 5.21. The average molecular weight is 343 g/mol. The fourth-order valence-corrected chi connectivity index (χ4v) is 1.74. The fourth-order valence-electron chi connectivity index (χ4n) is 1.01. The molecule has 0 atom stereocenters. The van der Waals surface area contributed by atoms with Crippen LogP contribution in [0.25, 0.3) is 0 Å². The Hall–Kier alpha value is 0.420. The lowest BCUT2D eigenvalue weighted by Crippen LogP contribution is -1.98. The van der Waals surface area contributed by atoms with Gasteiger partial charge < -0.3 is 0 Å². The maximum Gasteiger partial charge on any atom is 0.137 e. The van der Waals surface area contributed by atoms with Crippen LogP contribution in [0.3, 0.4) is 0 Å². The molecule has 0 saturated heterocycles. The summed E-state index contributed by atoms with van der Waals surface area (Å²) in [6, 6.07) is 0. The highest BCUT2D eigenvalue weighted by molar-refractivity contribution is 14.1. The van der Waals surface area contributed by atoms with E-state index in [4.69, 9.17) is 0 Å². The van der Waals surface area contributed by atoms with Crippen LogP contribution in [0.1, 0.15) is 26.2 Å². The summed E-state index contributed by atoms with van der Waals surface area (Å²) in [5.41, 5.74) is 0. The molecule has 0 bridgehead atoms. The number of unbranched alkanes of at least 4 members (excludes halogenated alkanes) is 2. The van der Waals surface area contributed by atoms with E-state index < -0.39 is 0 Å². The standard InChI is InChI=1S/C8H12BrIN2/c1-2-3-4-5-12-6-7(9)8(10)11-12/h6H,2-5H2,1H3. The summed E-state index contributed by atoms with van der Waals surface area (Å²) in [6.07, 6.45) is 5.81. The van der Waals surface area contributed by atoms with Gasteiger partial charge in [-0.25, -0.2) is 0 Å². The minimum absolute atomic E-state index is 1.04. The summed E-state index contributed by atoms with van der Waals surface area (Å²) in [6.45, 7) is 3.25. The van der Waals surface area contributed by atoms with Crippen molar-refractivity contribution >= 4 is 38.5 Å². The molecule has 0 fully saturated rings. The van der Waals surface area contributed by atoms with Gasteiger partial charge in [0.1, 0.15) is 3.70 Å². The van der Waals surface area contributed by atoms with E-state index in [9.17, 15) is 0 Å². The molecule has 12 heavy (non-hydrogen) atoms. The SMILES string of the molecule is CCCCCn1cc(Br)c(I)n1. The first kappa shape index (κ1) is 10.5. The summed E-state index contributed by atoms with van der Waals surface area (Å²) in [5.74, 6) is 0. The largest absolute Gasteiger partial charge is 0.271 e. The van der Waals surface area contributed by atoms with Gasteiger partial charge in [-0.3, -0.25) is 4.68 Å². The van der Waals surface area contributed by atoms with Crippen molar-refractivity contribution in [1.82, 2.24) is 9.78 Å². The zero-order valence-corrected chi connectivity index (χ0v) is 10.8. The van der Waals surface area contributed by atoms with E-state index >= 15 is 0 Å². The van der Waals surface area contributed by atoms with E-state index in [0.29, 0.717) is 0 Å². The zero-order chi connectivity index (χ0) is 8.97. The van der Waals surface area contributed by atoms with Crippen molar-refractivity contribution in [2.24, 2.45) is 0 Å². The minimum atomic E-state index is 1.04. The Bertz CT molecular complexity index is 228. The van der Waals surface area contributed by atoms with E-state index in [0.717, 1.165) is 14.7 Å². The van der Waals surface area contributed by atoms with Crippen molar-refractivity contribution in [2.45, 2.75) is 32.7 Å². The van der Waals surface area contributed by atoms with Gasteiger partial charge in [-0.15, -0.1) is 0 Å². The minimum Gasteiger partial charge on any atom is -0.271 e. The lowest BCUT2D eigenvalue weighted by Gasteiger charge is -1.98. The lowest BCUT2D eigenvalue weighted by molar-refractivity contribution is 0.551. The Kier molecular flexibility index (Phi) is 4.56. The third kappa shape index (κ3) is 3.05. The van der Waals surface area contributed by atoms with Gasteiger partial charge in [0.15, 0.2) is 0 Å². The van der Waals surface area contributed by atoms with E-state index in [2.05, 4.69) is 50.5 Å². The predicted octanol–water partition coefficient (Wildman–Crippen LogP) is 3.44. The molecule has 0 N–H and O–H groups in total. The first-order chi connectivity index (χ1) is 5.74. The Labute approximate surface area is 95.0 Å². The van der Waals surface area contributed by atoms with E-state index in [1.807, 2.05) is 10.9 Å². The number of aryl methyl sites for hydroxylation is 1. The van der Waals surface area contributed by atoms with Crippen molar-refractivity contribution in [1.29, 1.82) is 0 Å². The third-order valence-corrected chi connectivity index (χ3v) is 3.78. The second-order valence-corrected chi connectivity index (χ2v) is 4.61. The molecule has 1 aromatic rings. The molecular weight excluding hydrogens is 331 g/mol. The number of nitrogens with zero attached hydrogens (tertiary/aromatic N) is 2. The summed E-state index contributed by atoms with van der Waals surface area (Å²) >= 11 is 5.66. The van der Waals surface area contributed by atoms with Gasteiger partial charge in [-0.1, -0.05) is 19.8 Å². The topological polar surface area (TPSA) is 17.8 Å². The van der Waals surface area contributed by atoms with Crippen molar-refractivity contribution < 1.29 is 0 Å². The molecule has 1 aromatic heterocycles. The van der Waals surface area contributed by atoms with Crippen LogP contribution in [-0.4, -0.2) is 9.78 Å². The maximum atomic E-state index is 4.34. The molecule has 1 heterocycles. The summed E-state index contributed by atoms with van der Waals surface area (Å²) in [7, 11) is 0. The molecule has 68 valence electrons. The van der Waals surface area contributed by atoms with Gasteiger partial charge in [0.05, 0.1) is 4.47 Å². The van der Waals surface area contributed by atoms with Crippen molar-refractivity contribution in [2.75, 3.05) is 0 Å². The Balaban J connectivity index is 2.42. The molecule has 0 spiro atoms. The normalized spacial score (nSPS) is 10.6. The van der Waals surface area contributed by atoms with Crippen LogP contribution in [-0.2, 0) is 6.54 Å². The van der Waals surface area contributed by atoms with Crippen LogP contribution in [0.2, 0.25) is 0 Å². The molecule has 0 aliphatic rings. The molecule has 0 unspecified atom stereocenters. The molecule has 0 amide bonds. The fraction of sp³-hybridized carbons (Fsp3) is 0.625. The summed E-state index contributed by atoms with van der Waals surface area (Å²) < 4.78 is 4.14. The molecule has 4 heteroatoms. The second-order valence-electron chi connectivity index (χ2n) is 2.74. The van der Waals surface area contributed by atoms with E-state index in [1.54, 1.807) is 0 Å².